The van der Waals surface area contributed by atoms with E-state index in [1.807, 2.05) is 0 Å². The number of benzene rings is 1. The van der Waals surface area contributed by atoms with Crippen molar-refractivity contribution in [3.8, 4) is 0 Å². The van der Waals surface area contributed by atoms with Gasteiger partial charge in [-0.1, -0.05) is 29.8 Å². The molecule has 0 aromatic heterocycles. The Morgan fingerprint density at radius 2 is 1.80 bits per heavy atom. The highest BCUT2D eigenvalue weighted by atomic mass is 16.4. The molecule has 0 atom stereocenters. The molecule has 0 heterocycles. The number of carboxylic acids is 1. The molecule has 0 radical (unpaired) electrons. The minimum atomic E-state index is -1.01. The molecule has 1 aliphatic carbocycles. The number of aliphatic hydroxyl groups excluding tert-OH is 1. The molecular formula is C17H22O3. The van der Waals surface area contributed by atoms with Crippen LogP contribution in [0.25, 0.3) is 0 Å². The Kier molecular flexibility index (Phi) is 4.83. The van der Waals surface area contributed by atoms with Gasteiger partial charge in [0.05, 0.1) is 11.8 Å². The van der Waals surface area contributed by atoms with Crippen molar-refractivity contribution in [2.75, 3.05) is 0 Å². The highest BCUT2D eigenvalue weighted by Crippen LogP contribution is 2.38. The molecule has 1 aromatic rings. The Hall–Kier alpha value is -1.77. The van der Waals surface area contributed by atoms with E-state index in [4.69, 9.17) is 10.2 Å². The molecule has 0 unspecified atom stereocenters. The summed E-state index contributed by atoms with van der Waals surface area (Å²) in [5.41, 5.74) is 2.80. The van der Waals surface area contributed by atoms with Gasteiger partial charge < -0.3 is 10.2 Å². The molecule has 3 heteroatoms. The average molecular weight is 274 g/mol. The zero-order valence-corrected chi connectivity index (χ0v) is 11.9. The molecule has 1 saturated carbocycles. The van der Waals surface area contributed by atoms with Gasteiger partial charge in [-0.15, -0.1) is 0 Å². The molecule has 0 saturated heterocycles. The maximum absolute atomic E-state index is 10.9. The third kappa shape index (κ3) is 3.62. The highest BCUT2D eigenvalue weighted by Gasteiger charge is 2.24. The summed E-state index contributed by atoms with van der Waals surface area (Å²) in [6.45, 7) is 2.09. The number of hydrogen-bond acceptors (Lipinski definition) is 2. The van der Waals surface area contributed by atoms with Crippen LogP contribution in [0.4, 0.5) is 0 Å². The molecule has 0 amide bonds. The van der Waals surface area contributed by atoms with Crippen LogP contribution in [0.15, 0.2) is 36.1 Å². The largest absolute Gasteiger partial charge is 0.515 e. The Balaban J connectivity index is 1.89. The van der Waals surface area contributed by atoms with Crippen LogP contribution in [0.1, 0.15) is 49.1 Å². The van der Waals surface area contributed by atoms with E-state index < -0.39 is 5.97 Å². The smallest absolute Gasteiger partial charge is 0.334 e. The quantitative estimate of drug-likeness (QED) is 0.639. The number of aryl methyl sites for hydroxylation is 1. The van der Waals surface area contributed by atoms with Crippen molar-refractivity contribution in [1.29, 1.82) is 0 Å². The fourth-order valence-electron chi connectivity index (χ4n) is 3.04. The monoisotopic (exact) mass is 274 g/mol. The van der Waals surface area contributed by atoms with Gasteiger partial charge in [0.15, 0.2) is 0 Å². The molecule has 0 bridgehead atoms. The van der Waals surface area contributed by atoms with E-state index in [0.717, 1.165) is 31.9 Å². The minimum Gasteiger partial charge on any atom is -0.515 e. The summed E-state index contributed by atoms with van der Waals surface area (Å²) >= 11 is 0. The Morgan fingerprint density at radius 3 is 2.30 bits per heavy atom. The summed E-state index contributed by atoms with van der Waals surface area (Å²) in [7, 11) is 0. The van der Waals surface area contributed by atoms with Gasteiger partial charge in [0.1, 0.15) is 0 Å². The maximum atomic E-state index is 10.9. The maximum Gasteiger partial charge on any atom is 0.334 e. The first kappa shape index (κ1) is 14.6. The van der Waals surface area contributed by atoms with Crippen LogP contribution < -0.4 is 0 Å². The van der Waals surface area contributed by atoms with Crippen molar-refractivity contribution in [1.82, 2.24) is 0 Å². The summed E-state index contributed by atoms with van der Waals surface area (Å²) < 4.78 is 0. The Labute approximate surface area is 120 Å². The van der Waals surface area contributed by atoms with Crippen molar-refractivity contribution in [2.45, 2.75) is 44.9 Å². The summed E-state index contributed by atoms with van der Waals surface area (Å²) in [6.07, 6.45) is 5.49. The third-order valence-corrected chi connectivity index (χ3v) is 4.33. The van der Waals surface area contributed by atoms with Gasteiger partial charge in [-0.25, -0.2) is 4.79 Å². The lowest BCUT2D eigenvalue weighted by atomic mass is 9.76. The molecule has 0 aliphatic heterocycles. The van der Waals surface area contributed by atoms with Crippen molar-refractivity contribution in [2.24, 2.45) is 5.92 Å². The lowest BCUT2D eigenvalue weighted by molar-refractivity contribution is -0.133. The highest BCUT2D eigenvalue weighted by molar-refractivity contribution is 5.86. The van der Waals surface area contributed by atoms with Gasteiger partial charge in [0.2, 0.25) is 0 Å². The first-order valence-corrected chi connectivity index (χ1v) is 7.23. The van der Waals surface area contributed by atoms with E-state index in [-0.39, 0.29) is 5.57 Å². The molecule has 1 aliphatic rings. The number of hydrogen-bond donors (Lipinski definition) is 2. The first-order valence-electron chi connectivity index (χ1n) is 7.23. The van der Waals surface area contributed by atoms with Crippen LogP contribution >= 0.6 is 0 Å². The van der Waals surface area contributed by atoms with Gasteiger partial charge in [-0.2, -0.15) is 0 Å². The normalized spacial score (nSPS) is 23.6. The van der Waals surface area contributed by atoms with Gasteiger partial charge in [-0.05, 0) is 56.4 Å². The summed E-state index contributed by atoms with van der Waals surface area (Å²) in [6, 6.07) is 8.71. The SMILES string of the molecule is Cc1ccc(C2CCC(C/C(=C\O)C(=O)O)CC2)cc1. The van der Waals surface area contributed by atoms with Crippen LogP contribution in [-0.4, -0.2) is 16.2 Å². The molecular weight excluding hydrogens is 252 g/mol. The second-order valence-corrected chi connectivity index (χ2v) is 5.79. The van der Waals surface area contributed by atoms with E-state index in [1.165, 1.54) is 11.1 Å². The predicted molar refractivity (Wildman–Crippen MR) is 78.8 cm³/mol. The van der Waals surface area contributed by atoms with Crippen LogP contribution in [0.5, 0.6) is 0 Å². The third-order valence-electron chi connectivity index (χ3n) is 4.33. The summed E-state index contributed by atoms with van der Waals surface area (Å²) in [5, 5.41) is 17.9. The van der Waals surface area contributed by atoms with Gasteiger partial charge >= 0.3 is 5.97 Å². The van der Waals surface area contributed by atoms with E-state index in [2.05, 4.69) is 31.2 Å². The molecule has 1 aromatic carbocycles. The van der Waals surface area contributed by atoms with Crippen molar-refractivity contribution in [3.05, 3.63) is 47.2 Å². The Morgan fingerprint density at radius 1 is 1.20 bits per heavy atom. The Bertz CT molecular complexity index is 479. The van der Waals surface area contributed by atoms with Gasteiger partial charge in [0, 0.05) is 0 Å². The van der Waals surface area contributed by atoms with E-state index >= 15 is 0 Å². The van der Waals surface area contributed by atoms with Crippen molar-refractivity contribution < 1.29 is 15.0 Å². The van der Waals surface area contributed by atoms with E-state index in [9.17, 15) is 4.79 Å². The fraction of sp³-hybridized carbons (Fsp3) is 0.471. The fourth-order valence-corrected chi connectivity index (χ4v) is 3.04. The molecule has 108 valence electrons. The van der Waals surface area contributed by atoms with Crippen molar-refractivity contribution in [3.63, 3.8) is 0 Å². The zero-order valence-electron chi connectivity index (χ0n) is 11.9. The first-order chi connectivity index (χ1) is 9.60. The number of rotatable bonds is 4. The molecule has 3 nitrogen and oxygen atoms in total. The molecule has 1 fully saturated rings. The van der Waals surface area contributed by atoms with Crippen LogP contribution in [0.2, 0.25) is 0 Å². The molecule has 0 spiro atoms. The van der Waals surface area contributed by atoms with Crippen LogP contribution in [-0.2, 0) is 4.79 Å². The summed E-state index contributed by atoms with van der Waals surface area (Å²) in [5.74, 6) is -0.0300. The van der Waals surface area contributed by atoms with Crippen molar-refractivity contribution >= 4 is 5.97 Å². The lowest BCUT2D eigenvalue weighted by Gasteiger charge is -2.28. The van der Waals surface area contributed by atoms with E-state index in [1.54, 1.807) is 0 Å². The lowest BCUT2D eigenvalue weighted by Crippen LogP contribution is -2.16. The van der Waals surface area contributed by atoms with Crippen LogP contribution in [0.3, 0.4) is 0 Å². The number of aliphatic hydroxyl groups is 1. The zero-order chi connectivity index (χ0) is 14.5. The number of carbonyl (C=O) groups is 1. The predicted octanol–water partition coefficient (Wildman–Crippen LogP) is 4.19. The number of carboxylic acid groups (broad SMARTS) is 1. The average Bonchev–Trinajstić information content (AvgIpc) is 2.46. The second-order valence-electron chi connectivity index (χ2n) is 5.79. The molecule has 20 heavy (non-hydrogen) atoms. The molecule has 2 N–H and O–H groups in total. The second kappa shape index (κ2) is 6.60. The topological polar surface area (TPSA) is 57.5 Å². The van der Waals surface area contributed by atoms with Gasteiger partial charge in [0.25, 0.3) is 0 Å². The van der Waals surface area contributed by atoms with Gasteiger partial charge in [-0.3, -0.25) is 0 Å². The minimum absolute atomic E-state index is 0.129. The van der Waals surface area contributed by atoms with Crippen LogP contribution in [0, 0.1) is 12.8 Å². The standard InChI is InChI=1S/C17H22O3/c1-12-2-6-14(7-3-12)15-8-4-13(5-9-15)10-16(11-18)17(19)20/h2-3,6-7,11,13,15,18H,4-5,8-10H2,1H3,(H,19,20)/b16-11+. The molecule has 2 rings (SSSR count). The summed E-state index contributed by atoms with van der Waals surface area (Å²) in [4.78, 5) is 10.9. The van der Waals surface area contributed by atoms with E-state index in [0.29, 0.717) is 18.3 Å². The number of aliphatic carboxylic acids is 1.